The molecule has 1 aromatic heterocycles. The second-order valence-electron chi connectivity index (χ2n) is 6.20. The number of nitrogens with one attached hydrogen (secondary N) is 1. The highest BCUT2D eigenvalue weighted by Crippen LogP contribution is 2.29. The number of sulfonamides is 1. The molecule has 1 N–H and O–H groups in total. The number of thiophene rings is 1. The fourth-order valence-corrected chi connectivity index (χ4v) is 4.85. The van der Waals surface area contributed by atoms with Gasteiger partial charge in [-0.1, -0.05) is 6.07 Å². The van der Waals surface area contributed by atoms with E-state index in [1.54, 1.807) is 0 Å². The standard InChI is InChI=1S/C17H15F3N2O5S2/c1-27-15(23)13-8-28-9-14(13)21-29(25,26)12-3-2-10-4-5-22(7-11(10)6-12)16(24)17(18,19)20/h2-3,6,8-9,21H,4-5,7H2,1H3. The number of ether oxygens (including phenoxy) is 1. The van der Waals surface area contributed by atoms with Crippen LogP contribution in [0.3, 0.4) is 0 Å². The summed E-state index contributed by atoms with van der Waals surface area (Å²) >= 11 is 1.10. The number of carbonyl (C=O) groups is 2. The molecule has 156 valence electrons. The zero-order valence-electron chi connectivity index (χ0n) is 14.9. The minimum Gasteiger partial charge on any atom is -0.465 e. The van der Waals surface area contributed by atoms with Crippen LogP contribution in [0.15, 0.2) is 33.9 Å². The first kappa shape index (κ1) is 21.1. The van der Waals surface area contributed by atoms with E-state index in [2.05, 4.69) is 9.46 Å². The third-order valence-corrected chi connectivity index (χ3v) is 6.45. The summed E-state index contributed by atoms with van der Waals surface area (Å²) in [6.45, 7) is -0.448. The first-order chi connectivity index (χ1) is 13.5. The number of esters is 1. The molecule has 0 atom stereocenters. The summed E-state index contributed by atoms with van der Waals surface area (Å²) in [4.78, 5) is 23.6. The molecule has 0 unspecified atom stereocenters. The van der Waals surface area contributed by atoms with Crippen molar-refractivity contribution in [2.45, 2.75) is 24.0 Å². The molecule has 0 bridgehead atoms. The van der Waals surface area contributed by atoms with Gasteiger partial charge in [0.1, 0.15) is 0 Å². The number of anilines is 1. The maximum absolute atomic E-state index is 12.7. The van der Waals surface area contributed by atoms with Crippen molar-refractivity contribution >= 4 is 38.9 Å². The van der Waals surface area contributed by atoms with Gasteiger partial charge in [-0.25, -0.2) is 13.2 Å². The van der Waals surface area contributed by atoms with Crippen LogP contribution in [0.2, 0.25) is 0 Å². The van der Waals surface area contributed by atoms with Crippen LogP contribution in [0.1, 0.15) is 21.5 Å². The van der Waals surface area contributed by atoms with Crippen molar-refractivity contribution in [3.05, 3.63) is 45.6 Å². The monoisotopic (exact) mass is 448 g/mol. The van der Waals surface area contributed by atoms with Crippen molar-refractivity contribution in [1.29, 1.82) is 0 Å². The zero-order chi connectivity index (χ0) is 21.4. The highest BCUT2D eigenvalue weighted by atomic mass is 32.2. The van der Waals surface area contributed by atoms with Crippen LogP contribution in [-0.4, -0.2) is 45.0 Å². The third kappa shape index (κ3) is 4.37. The summed E-state index contributed by atoms with van der Waals surface area (Å²) in [5, 5.41) is 2.85. The lowest BCUT2D eigenvalue weighted by Gasteiger charge is -2.29. The quantitative estimate of drug-likeness (QED) is 0.727. The Balaban J connectivity index is 1.87. The van der Waals surface area contributed by atoms with Crippen molar-refractivity contribution in [2.24, 2.45) is 0 Å². The van der Waals surface area contributed by atoms with Crippen molar-refractivity contribution in [3.63, 3.8) is 0 Å². The number of hydrogen-bond acceptors (Lipinski definition) is 6. The molecule has 2 aromatic rings. The van der Waals surface area contributed by atoms with Crippen LogP contribution in [0, 0.1) is 0 Å². The molecule has 3 rings (SSSR count). The van der Waals surface area contributed by atoms with Crippen LogP contribution in [0.4, 0.5) is 18.9 Å². The van der Waals surface area contributed by atoms with E-state index in [1.165, 1.54) is 29.0 Å². The predicted molar refractivity (Wildman–Crippen MR) is 98.1 cm³/mol. The SMILES string of the molecule is COC(=O)c1cscc1NS(=O)(=O)c1ccc2c(c1)CN(C(=O)C(F)(F)F)CC2. The fourth-order valence-electron chi connectivity index (χ4n) is 2.90. The Kier molecular flexibility index (Phi) is 5.59. The summed E-state index contributed by atoms with van der Waals surface area (Å²) in [5.74, 6) is -2.67. The molecule has 1 aromatic carbocycles. The van der Waals surface area contributed by atoms with Crippen LogP contribution < -0.4 is 4.72 Å². The summed E-state index contributed by atoms with van der Waals surface area (Å²) < 4.78 is 70.4. The maximum Gasteiger partial charge on any atom is 0.471 e. The Morgan fingerprint density at radius 1 is 1.21 bits per heavy atom. The molecule has 0 saturated heterocycles. The number of fused-ring (bicyclic) bond motifs is 1. The second-order valence-corrected chi connectivity index (χ2v) is 8.63. The molecule has 1 amide bonds. The lowest BCUT2D eigenvalue weighted by Crippen LogP contribution is -2.43. The van der Waals surface area contributed by atoms with E-state index < -0.39 is 28.1 Å². The van der Waals surface area contributed by atoms with Gasteiger partial charge in [-0.3, -0.25) is 9.52 Å². The minimum atomic E-state index is -4.99. The second kappa shape index (κ2) is 7.67. The predicted octanol–water partition coefficient (Wildman–Crippen LogP) is 2.78. The molecule has 0 aliphatic carbocycles. The highest BCUT2D eigenvalue weighted by Gasteiger charge is 2.43. The molecule has 1 aliphatic rings. The van der Waals surface area contributed by atoms with E-state index in [0.717, 1.165) is 18.4 Å². The smallest absolute Gasteiger partial charge is 0.465 e. The lowest BCUT2D eigenvalue weighted by molar-refractivity contribution is -0.186. The van der Waals surface area contributed by atoms with Gasteiger partial charge < -0.3 is 9.64 Å². The number of rotatable bonds is 4. The van der Waals surface area contributed by atoms with Gasteiger partial charge in [-0.2, -0.15) is 13.2 Å². The largest absolute Gasteiger partial charge is 0.471 e. The Labute approximate surface area is 168 Å². The number of amides is 1. The Morgan fingerprint density at radius 3 is 2.59 bits per heavy atom. The van der Waals surface area contributed by atoms with Gasteiger partial charge in [0.2, 0.25) is 0 Å². The normalized spacial score (nSPS) is 14.3. The molecule has 0 spiro atoms. The van der Waals surface area contributed by atoms with Crippen molar-refractivity contribution < 1.29 is 35.9 Å². The van der Waals surface area contributed by atoms with Crippen LogP contribution in [-0.2, 0) is 32.5 Å². The van der Waals surface area contributed by atoms with Crippen molar-refractivity contribution in [3.8, 4) is 0 Å². The fraction of sp³-hybridized carbons (Fsp3) is 0.294. The first-order valence-electron chi connectivity index (χ1n) is 8.18. The molecule has 29 heavy (non-hydrogen) atoms. The average Bonchev–Trinajstić information content (AvgIpc) is 3.12. The highest BCUT2D eigenvalue weighted by molar-refractivity contribution is 7.92. The van der Waals surface area contributed by atoms with Gasteiger partial charge in [-0.05, 0) is 29.7 Å². The van der Waals surface area contributed by atoms with Gasteiger partial charge in [0.15, 0.2) is 0 Å². The number of benzene rings is 1. The van der Waals surface area contributed by atoms with Gasteiger partial charge in [-0.15, -0.1) is 11.3 Å². The zero-order valence-corrected chi connectivity index (χ0v) is 16.6. The summed E-state index contributed by atoms with van der Waals surface area (Å²) in [6, 6.07) is 4.07. The molecule has 0 radical (unpaired) electrons. The van der Waals surface area contributed by atoms with E-state index in [0.29, 0.717) is 16.0 Å². The average molecular weight is 448 g/mol. The van der Waals surface area contributed by atoms with Gasteiger partial charge in [0, 0.05) is 23.8 Å². The van der Waals surface area contributed by atoms with E-state index in [9.17, 15) is 31.2 Å². The Hall–Kier alpha value is -2.60. The van der Waals surface area contributed by atoms with Crippen molar-refractivity contribution in [1.82, 2.24) is 4.90 Å². The Bertz CT molecular complexity index is 1060. The number of carbonyl (C=O) groups excluding carboxylic acids is 2. The number of alkyl halides is 3. The number of halogens is 3. The first-order valence-corrected chi connectivity index (χ1v) is 10.6. The van der Waals surface area contributed by atoms with Gasteiger partial charge in [0.05, 0.1) is 23.3 Å². The molecule has 1 aliphatic heterocycles. The van der Waals surface area contributed by atoms with Crippen molar-refractivity contribution in [2.75, 3.05) is 18.4 Å². The number of hydrogen-bond donors (Lipinski definition) is 1. The molecular formula is C17H15F3N2O5S2. The number of methoxy groups -OCH3 is 1. The van der Waals surface area contributed by atoms with E-state index in [4.69, 9.17) is 0 Å². The molecule has 0 fully saturated rings. The summed E-state index contributed by atoms with van der Waals surface area (Å²) in [6.07, 6.45) is -4.81. The van der Waals surface area contributed by atoms with E-state index >= 15 is 0 Å². The minimum absolute atomic E-state index is 0.0356. The topological polar surface area (TPSA) is 92.8 Å². The van der Waals surface area contributed by atoms with E-state index in [1.807, 2.05) is 0 Å². The van der Waals surface area contributed by atoms with E-state index in [-0.39, 0.29) is 35.7 Å². The van der Waals surface area contributed by atoms with Crippen LogP contribution >= 0.6 is 11.3 Å². The summed E-state index contributed by atoms with van der Waals surface area (Å²) in [5.41, 5.74) is 1.06. The molecule has 0 saturated carbocycles. The van der Waals surface area contributed by atoms with Crippen LogP contribution in [0.5, 0.6) is 0 Å². The van der Waals surface area contributed by atoms with Gasteiger partial charge >= 0.3 is 18.1 Å². The molecule has 7 nitrogen and oxygen atoms in total. The van der Waals surface area contributed by atoms with Gasteiger partial charge in [0.25, 0.3) is 10.0 Å². The molecular weight excluding hydrogens is 433 g/mol. The molecule has 12 heteroatoms. The summed E-state index contributed by atoms with van der Waals surface area (Å²) in [7, 11) is -2.96. The third-order valence-electron chi connectivity index (χ3n) is 4.34. The Morgan fingerprint density at radius 2 is 1.93 bits per heavy atom. The van der Waals surface area contributed by atoms with Crippen LogP contribution in [0.25, 0.3) is 0 Å². The lowest BCUT2D eigenvalue weighted by atomic mass is 10.00. The molecule has 2 heterocycles. The maximum atomic E-state index is 12.7. The number of nitrogens with zero attached hydrogens (tertiary/aromatic N) is 1.